The van der Waals surface area contributed by atoms with Crippen molar-refractivity contribution in [3.8, 4) is 0 Å². The minimum absolute atomic E-state index is 0.0397. The maximum Gasteiger partial charge on any atom is 0.232 e. The van der Waals surface area contributed by atoms with Crippen LogP contribution in [0.1, 0.15) is 12.0 Å². The number of methoxy groups -OCH3 is 1. The van der Waals surface area contributed by atoms with E-state index < -0.39 is 10.0 Å². The zero-order valence-electron chi connectivity index (χ0n) is 9.85. The average Bonchev–Trinajstić information content (AvgIpc) is 2.27. The Morgan fingerprint density at radius 1 is 1.41 bits per heavy atom. The van der Waals surface area contributed by atoms with Gasteiger partial charge in [-0.15, -0.1) is 0 Å². The zero-order valence-corrected chi connectivity index (χ0v) is 10.7. The summed E-state index contributed by atoms with van der Waals surface area (Å²) in [6, 6.07) is 7.12. The van der Waals surface area contributed by atoms with Crippen molar-refractivity contribution < 1.29 is 13.2 Å². The molecule has 0 saturated heterocycles. The van der Waals surface area contributed by atoms with Gasteiger partial charge in [0.25, 0.3) is 0 Å². The normalized spacial score (nSPS) is 11.4. The van der Waals surface area contributed by atoms with Crippen LogP contribution in [-0.2, 0) is 21.4 Å². The number of ether oxygens (including phenoxy) is 1. The summed E-state index contributed by atoms with van der Waals surface area (Å²) in [4.78, 5) is 0. The molecule has 1 aromatic rings. The fourth-order valence-electron chi connectivity index (χ4n) is 1.40. The topological polar surface area (TPSA) is 81.4 Å². The first-order valence-corrected chi connectivity index (χ1v) is 7.01. The van der Waals surface area contributed by atoms with E-state index in [1.807, 2.05) is 6.07 Å². The van der Waals surface area contributed by atoms with E-state index in [4.69, 9.17) is 10.5 Å². The largest absolute Gasteiger partial charge is 0.380 e. The molecule has 0 atom stereocenters. The van der Waals surface area contributed by atoms with Crippen LogP contribution < -0.4 is 10.5 Å². The van der Waals surface area contributed by atoms with Gasteiger partial charge in [0.05, 0.1) is 12.4 Å². The SMILES string of the molecule is COCc1cccc(NS(=O)(=O)CCCN)c1. The molecule has 0 unspecified atom stereocenters. The number of sulfonamides is 1. The fraction of sp³-hybridized carbons (Fsp3) is 0.455. The molecule has 0 aliphatic rings. The Hall–Kier alpha value is -1.11. The van der Waals surface area contributed by atoms with Crippen molar-refractivity contribution in [3.05, 3.63) is 29.8 Å². The lowest BCUT2D eigenvalue weighted by atomic mass is 10.2. The standard InChI is InChI=1S/C11H18N2O3S/c1-16-9-10-4-2-5-11(8-10)13-17(14,15)7-3-6-12/h2,4-5,8,13H,3,6-7,9,12H2,1H3. The van der Waals surface area contributed by atoms with Gasteiger partial charge in [-0.2, -0.15) is 0 Å². The molecule has 0 fully saturated rings. The second kappa shape index (κ2) is 6.58. The van der Waals surface area contributed by atoms with Crippen LogP contribution in [0, 0.1) is 0 Å². The molecule has 0 bridgehead atoms. The number of nitrogens with two attached hydrogens (primary N) is 1. The van der Waals surface area contributed by atoms with E-state index in [2.05, 4.69) is 4.72 Å². The van der Waals surface area contributed by atoms with E-state index in [1.54, 1.807) is 25.3 Å². The molecule has 1 rings (SSSR count). The predicted octanol–water partition coefficient (Wildman–Crippen LogP) is 0.923. The maximum atomic E-state index is 11.6. The minimum atomic E-state index is -3.30. The predicted molar refractivity (Wildman–Crippen MR) is 68.2 cm³/mol. The first-order chi connectivity index (χ1) is 8.07. The minimum Gasteiger partial charge on any atom is -0.380 e. The van der Waals surface area contributed by atoms with Crippen LogP contribution >= 0.6 is 0 Å². The van der Waals surface area contributed by atoms with Crippen molar-refractivity contribution in [2.24, 2.45) is 5.73 Å². The van der Waals surface area contributed by atoms with E-state index in [0.29, 0.717) is 25.3 Å². The molecule has 0 aliphatic carbocycles. The third kappa shape index (κ3) is 5.16. The van der Waals surface area contributed by atoms with Crippen molar-refractivity contribution >= 4 is 15.7 Å². The van der Waals surface area contributed by atoms with Gasteiger partial charge in [0.1, 0.15) is 0 Å². The van der Waals surface area contributed by atoms with Gasteiger partial charge < -0.3 is 10.5 Å². The van der Waals surface area contributed by atoms with Crippen LogP contribution in [-0.4, -0.2) is 27.8 Å². The van der Waals surface area contributed by atoms with Crippen LogP contribution in [0.2, 0.25) is 0 Å². The first kappa shape index (κ1) is 14.0. The number of nitrogens with one attached hydrogen (secondary N) is 1. The lowest BCUT2D eigenvalue weighted by Crippen LogP contribution is -2.19. The Morgan fingerprint density at radius 2 is 2.18 bits per heavy atom. The number of hydrogen-bond donors (Lipinski definition) is 2. The van der Waals surface area contributed by atoms with Gasteiger partial charge in [-0.25, -0.2) is 8.42 Å². The Kier molecular flexibility index (Phi) is 5.40. The Balaban J connectivity index is 2.70. The van der Waals surface area contributed by atoms with Crippen LogP contribution in [0.15, 0.2) is 24.3 Å². The van der Waals surface area contributed by atoms with Gasteiger partial charge in [0.2, 0.25) is 10.0 Å². The van der Waals surface area contributed by atoms with Crippen molar-refractivity contribution in [2.45, 2.75) is 13.0 Å². The highest BCUT2D eigenvalue weighted by atomic mass is 32.2. The highest BCUT2D eigenvalue weighted by Crippen LogP contribution is 2.13. The van der Waals surface area contributed by atoms with E-state index in [9.17, 15) is 8.42 Å². The summed E-state index contributed by atoms with van der Waals surface area (Å²) in [5.41, 5.74) is 6.76. The van der Waals surface area contributed by atoms with Gasteiger partial charge in [-0.3, -0.25) is 4.72 Å². The number of anilines is 1. The van der Waals surface area contributed by atoms with Crippen LogP contribution in [0.25, 0.3) is 0 Å². The molecule has 0 amide bonds. The first-order valence-electron chi connectivity index (χ1n) is 5.36. The summed E-state index contributed by atoms with van der Waals surface area (Å²) < 4.78 is 30.8. The molecular weight excluding hydrogens is 240 g/mol. The molecule has 6 heteroatoms. The molecule has 0 aliphatic heterocycles. The number of rotatable bonds is 7. The summed E-state index contributed by atoms with van der Waals surface area (Å²) in [5, 5.41) is 0. The van der Waals surface area contributed by atoms with Gasteiger partial charge in [0.15, 0.2) is 0 Å². The highest BCUT2D eigenvalue weighted by Gasteiger charge is 2.09. The van der Waals surface area contributed by atoms with E-state index >= 15 is 0 Å². The fourth-order valence-corrected chi connectivity index (χ4v) is 2.53. The summed E-state index contributed by atoms with van der Waals surface area (Å²) in [5.74, 6) is 0.0397. The van der Waals surface area contributed by atoms with Gasteiger partial charge in [0, 0.05) is 12.8 Å². The summed E-state index contributed by atoms with van der Waals surface area (Å²) in [6.07, 6.45) is 0.451. The van der Waals surface area contributed by atoms with E-state index in [-0.39, 0.29) is 5.75 Å². The molecular formula is C11H18N2O3S. The smallest absolute Gasteiger partial charge is 0.232 e. The summed E-state index contributed by atoms with van der Waals surface area (Å²) in [6.45, 7) is 0.822. The summed E-state index contributed by atoms with van der Waals surface area (Å²) >= 11 is 0. The lowest BCUT2D eigenvalue weighted by molar-refractivity contribution is 0.185. The number of hydrogen-bond acceptors (Lipinski definition) is 4. The molecule has 3 N–H and O–H groups in total. The molecule has 0 heterocycles. The second-order valence-electron chi connectivity index (χ2n) is 3.70. The molecule has 0 radical (unpaired) electrons. The van der Waals surface area contributed by atoms with Crippen molar-refractivity contribution in [1.82, 2.24) is 0 Å². The Bertz CT molecular complexity index is 446. The average molecular weight is 258 g/mol. The second-order valence-corrected chi connectivity index (χ2v) is 5.54. The molecule has 1 aromatic carbocycles. The Morgan fingerprint density at radius 3 is 2.82 bits per heavy atom. The Labute approximate surface area is 102 Å². The molecule has 0 spiro atoms. The monoisotopic (exact) mass is 258 g/mol. The lowest BCUT2D eigenvalue weighted by Gasteiger charge is -2.08. The van der Waals surface area contributed by atoms with Gasteiger partial charge in [-0.05, 0) is 30.7 Å². The quantitative estimate of drug-likeness (QED) is 0.762. The van der Waals surface area contributed by atoms with Crippen LogP contribution in [0.3, 0.4) is 0 Å². The third-order valence-electron chi connectivity index (χ3n) is 2.13. The van der Waals surface area contributed by atoms with Crippen molar-refractivity contribution in [3.63, 3.8) is 0 Å². The van der Waals surface area contributed by atoms with E-state index in [1.165, 1.54) is 0 Å². The molecule has 96 valence electrons. The summed E-state index contributed by atoms with van der Waals surface area (Å²) in [7, 11) is -1.70. The van der Waals surface area contributed by atoms with Crippen molar-refractivity contribution in [2.75, 3.05) is 24.1 Å². The van der Waals surface area contributed by atoms with Crippen molar-refractivity contribution in [1.29, 1.82) is 0 Å². The molecule has 0 saturated carbocycles. The van der Waals surface area contributed by atoms with Gasteiger partial charge >= 0.3 is 0 Å². The van der Waals surface area contributed by atoms with Crippen LogP contribution in [0.4, 0.5) is 5.69 Å². The number of benzene rings is 1. The van der Waals surface area contributed by atoms with Crippen LogP contribution in [0.5, 0.6) is 0 Å². The van der Waals surface area contributed by atoms with Gasteiger partial charge in [-0.1, -0.05) is 12.1 Å². The van der Waals surface area contributed by atoms with E-state index in [0.717, 1.165) is 5.56 Å². The zero-order chi connectivity index (χ0) is 12.7. The third-order valence-corrected chi connectivity index (χ3v) is 3.50. The highest BCUT2D eigenvalue weighted by molar-refractivity contribution is 7.92. The molecule has 0 aromatic heterocycles. The molecule has 5 nitrogen and oxygen atoms in total. The maximum absolute atomic E-state index is 11.6. The molecule has 17 heavy (non-hydrogen) atoms.